The summed E-state index contributed by atoms with van der Waals surface area (Å²) in [6.45, 7) is 4.12. The average molecular weight is 478 g/mol. The SMILES string of the molecule is COCCCOc1cc2c(cc1OCC(F)F)-c1cc(=O)c(C(=O)O)cn1N1[C@@H]2CCC1(C)C. The zero-order chi connectivity index (χ0) is 24.6. The number of fused-ring (bicyclic) bond motifs is 6. The third kappa shape index (κ3) is 4.34. The molecule has 1 aromatic carbocycles. The van der Waals surface area contributed by atoms with Gasteiger partial charge in [-0.25, -0.2) is 13.6 Å². The van der Waals surface area contributed by atoms with Crippen molar-refractivity contribution in [2.45, 2.75) is 51.1 Å². The number of hydrogen-bond donors (Lipinski definition) is 1. The average Bonchev–Trinajstić information content (AvgIpc) is 3.10. The lowest BCUT2D eigenvalue weighted by Gasteiger charge is -2.44. The molecular formula is C24H28F2N2O6. The Bertz CT molecular complexity index is 1150. The van der Waals surface area contributed by atoms with Gasteiger partial charge in [-0.1, -0.05) is 0 Å². The van der Waals surface area contributed by atoms with E-state index >= 15 is 0 Å². The summed E-state index contributed by atoms with van der Waals surface area (Å²) >= 11 is 0. The lowest BCUT2D eigenvalue weighted by Crippen LogP contribution is -2.50. The summed E-state index contributed by atoms with van der Waals surface area (Å²) in [5, 5.41) is 11.6. The molecule has 1 fully saturated rings. The first-order valence-electron chi connectivity index (χ1n) is 11.1. The molecule has 1 N–H and O–H groups in total. The van der Waals surface area contributed by atoms with Gasteiger partial charge in [-0.2, -0.15) is 0 Å². The van der Waals surface area contributed by atoms with Crippen LogP contribution in [0.5, 0.6) is 11.5 Å². The molecule has 2 aliphatic rings. The van der Waals surface area contributed by atoms with E-state index in [4.69, 9.17) is 14.2 Å². The Labute approximate surface area is 195 Å². The van der Waals surface area contributed by atoms with Crippen molar-refractivity contribution in [3.05, 3.63) is 45.7 Å². The van der Waals surface area contributed by atoms with Crippen LogP contribution in [0.2, 0.25) is 0 Å². The fraction of sp³-hybridized carbons (Fsp3) is 0.500. The molecule has 0 bridgehead atoms. The highest BCUT2D eigenvalue weighted by Gasteiger charge is 2.45. The molecule has 0 radical (unpaired) electrons. The van der Waals surface area contributed by atoms with Crippen LogP contribution in [0.4, 0.5) is 8.78 Å². The Kier molecular flexibility index (Phi) is 6.53. The van der Waals surface area contributed by atoms with E-state index in [1.54, 1.807) is 23.9 Å². The predicted octanol–water partition coefficient (Wildman–Crippen LogP) is 3.84. The molecule has 10 heteroatoms. The minimum atomic E-state index is -2.67. The molecule has 8 nitrogen and oxygen atoms in total. The van der Waals surface area contributed by atoms with Crippen LogP contribution in [-0.2, 0) is 4.74 Å². The molecule has 0 saturated carbocycles. The van der Waals surface area contributed by atoms with E-state index in [1.807, 2.05) is 0 Å². The maximum Gasteiger partial charge on any atom is 0.341 e. The lowest BCUT2D eigenvalue weighted by molar-refractivity contribution is 0.0694. The van der Waals surface area contributed by atoms with E-state index in [9.17, 15) is 23.5 Å². The van der Waals surface area contributed by atoms with E-state index in [0.717, 1.165) is 18.4 Å². The smallest absolute Gasteiger partial charge is 0.341 e. The first-order chi connectivity index (χ1) is 16.1. The molecule has 184 valence electrons. The highest BCUT2D eigenvalue weighted by molar-refractivity contribution is 5.88. The van der Waals surface area contributed by atoms with Crippen molar-refractivity contribution in [3.8, 4) is 22.8 Å². The van der Waals surface area contributed by atoms with Crippen molar-refractivity contribution in [1.82, 2.24) is 4.68 Å². The minimum Gasteiger partial charge on any atom is -0.490 e. The summed E-state index contributed by atoms with van der Waals surface area (Å²) < 4.78 is 43.9. The van der Waals surface area contributed by atoms with Crippen LogP contribution >= 0.6 is 0 Å². The van der Waals surface area contributed by atoms with E-state index in [0.29, 0.717) is 36.6 Å². The number of aromatic carboxylic acids is 1. The van der Waals surface area contributed by atoms with Gasteiger partial charge in [0.05, 0.1) is 23.9 Å². The van der Waals surface area contributed by atoms with E-state index in [-0.39, 0.29) is 22.9 Å². The summed E-state index contributed by atoms with van der Waals surface area (Å²) in [7, 11) is 1.58. The fourth-order valence-corrected chi connectivity index (χ4v) is 4.78. The van der Waals surface area contributed by atoms with Crippen molar-refractivity contribution in [2.75, 3.05) is 31.9 Å². The highest BCUT2D eigenvalue weighted by Crippen LogP contribution is 2.50. The van der Waals surface area contributed by atoms with Gasteiger partial charge < -0.3 is 19.3 Å². The first-order valence-corrected chi connectivity index (χ1v) is 11.1. The van der Waals surface area contributed by atoms with Gasteiger partial charge in [-0.15, -0.1) is 0 Å². The van der Waals surface area contributed by atoms with E-state index < -0.39 is 24.4 Å². The molecule has 4 rings (SSSR count). The third-order valence-corrected chi connectivity index (χ3v) is 6.31. The Morgan fingerprint density at radius 1 is 1.21 bits per heavy atom. The summed E-state index contributed by atoms with van der Waals surface area (Å²) in [5.74, 6) is -0.818. The third-order valence-electron chi connectivity index (χ3n) is 6.31. The second-order valence-corrected chi connectivity index (χ2v) is 9.08. The van der Waals surface area contributed by atoms with Crippen LogP contribution < -0.4 is 19.9 Å². The fourth-order valence-electron chi connectivity index (χ4n) is 4.78. The standard InChI is InChI=1S/C24H28F2N2O6/c1-24(2)6-5-17-14-9-20(33-8-4-7-32-3)21(34-13-22(25)26)10-15(14)18-11-19(29)16(23(30)31)12-27(18)28(17)24/h9-12,17,22H,4-8,13H2,1-3H3,(H,30,31)/t17-/m1/s1. The molecule has 1 aromatic heterocycles. The summed E-state index contributed by atoms with van der Waals surface area (Å²) in [5.41, 5.74) is 0.701. The molecule has 0 unspecified atom stereocenters. The molecule has 2 aromatic rings. The number of methoxy groups -OCH3 is 1. The maximum absolute atomic E-state index is 12.9. The van der Waals surface area contributed by atoms with Crippen molar-refractivity contribution in [1.29, 1.82) is 0 Å². The van der Waals surface area contributed by atoms with Crippen molar-refractivity contribution >= 4 is 5.97 Å². The van der Waals surface area contributed by atoms with E-state index in [2.05, 4.69) is 18.9 Å². The number of nitrogens with zero attached hydrogens (tertiary/aromatic N) is 2. The van der Waals surface area contributed by atoms with Crippen molar-refractivity contribution in [3.63, 3.8) is 0 Å². The number of carbonyl (C=O) groups is 1. The van der Waals surface area contributed by atoms with Gasteiger partial charge in [0.2, 0.25) is 0 Å². The maximum atomic E-state index is 12.9. The number of alkyl halides is 2. The zero-order valence-electron chi connectivity index (χ0n) is 19.3. The Balaban J connectivity index is 1.88. The number of aromatic nitrogens is 1. The lowest BCUT2D eigenvalue weighted by atomic mass is 9.93. The van der Waals surface area contributed by atoms with Crippen LogP contribution in [0.25, 0.3) is 11.3 Å². The predicted molar refractivity (Wildman–Crippen MR) is 121 cm³/mol. The number of halogens is 2. The molecule has 2 aliphatic heterocycles. The van der Waals surface area contributed by atoms with Crippen LogP contribution in [0.1, 0.15) is 55.1 Å². The number of benzene rings is 1. The Morgan fingerprint density at radius 2 is 1.94 bits per heavy atom. The second-order valence-electron chi connectivity index (χ2n) is 9.08. The molecule has 1 saturated heterocycles. The summed E-state index contributed by atoms with van der Waals surface area (Å²) in [4.78, 5) is 24.2. The molecule has 0 aliphatic carbocycles. The Morgan fingerprint density at radius 3 is 2.62 bits per heavy atom. The molecule has 0 amide bonds. The Hall–Kier alpha value is -3.14. The van der Waals surface area contributed by atoms with Gasteiger partial charge in [0.1, 0.15) is 12.2 Å². The number of carboxylic acids is 1. The van der Waals surface area contributed by atoms with Gasteiger partial charge in [0.25, 0.3) is 6.43 Å². The molecule has 3 heterocycles. The second kappa shape index (κ2) is 9.25. The number of carboxylic acid groups (broad SMARTS) is 1. The number of pyridine rings is 1. The van der Waals surface area contributed by atoms with Gasteiger partial charge in [0.15, 0.2) is 16.9 Å². The minimum absolute atomic E-state index is 0.118. The van der Waals surface area contributed by atoms with Gasteiger partial charge >= 0.3 is 5.97 Å². The summed E-state index contributed by atoms with van der Waals surface area (Å²) in [6.07, 6.45) is 0.905. The quantitative estimate of drug-likeness (QED) is 0.548. The molecule has 0 spiro atoms. The number of hydrogen-bond acceptors (Lipinski definition) is 6. The van der Waals surface area contributed by atoms with Crippen LogP contribution in [-0.4, -0.2) is 54.6 Å². The monoisotopic (exact) mass is 478 g/mol. The normalized spacial score (nSPS) is 17.8. The first kappa shape index (κ1) is 24.0. The van der Waals surface area contributed by atoms with Crippen LogP contribution in [0.15, 0.2) is 29.2 Å². The van der Waals surface area contributed by atoms with Crippen LogP contribution in [0, 0.1) is 0 Å². The largest absolute Gasteiger partial charge is 0.490 e. The number of rotatable bonds is 9. The zero-order valence-corrected chi connectivity index (χ0v) is 19.3. The number of ether oxygens (including phenoxy) is 3. The van der Waals surface area contributed by atoms with Crippen molar-refractivity contribution in [2.24, 2.45) is 0 Å². The van der Waals surface area contributed by atoms with Crippen LogP contribution in [0.3, 0.4) is 0 Å². The van der Waals surface area contributed by atoms with Crippen molar-refractivity contribution < 1.29 is 32.9 Å². The highest BCUT2D eigenvalue weighted by atomic mass is 19.3. The molecule has 34 heavy (non-hydrogen) atoms. The van der Waals surface area contributed by atoms with E-state index in [1.165, 1.54) is 12.3 Å². The summed E-state index contributed by atoms with van der Waals surface area (Å²) in [6, 6.07) is 4.56. The molecular weight excluding hydrogens is 450 g/mol. The van der Waals surface area contributed by atoms with Gasteiger partial charge in [0, 0.05) is 38.0 Å². The topological polar surface area (TPSA) is 90.2 Å². The van der Waals surface area contributed by atoms with Gasteiger partial charge in [-0.3, -0.25) is 14.5 Å². The van der Waals surface area contributed by atoms with Gasteiger partial charge in [-0.05, 0) is 44.4 Å². The molecule has 1 atom stereocenters.